The molecule has 1 amide bonds. The molecule has 20 heavy (non-hydrogen) atoms. The lowest BCUT2D eigenvalue weighted by Crippen LogP contribution is -2.29. The summed E-state index contributed by atoms with van der Waals surface area (Å²) < 4.78 is 6.83. The normalized spacial score (nSPS) is 16.2. The average molecular weight is 276 g/mol. The molecule has 8 heteroatoms. The zero-order valence-electron chi connectivity index (χ0n) is 11.2. The third-order valence-corrected chi connectivity index (χ3v) is 3.27. The molecule has 0 spiro atoms. The van der Waals surface area contributed by atoms with Crippen molar-refractivity contribution in [2.75, 3.05) is 18.4 Å². The maximum absolute atomic E-state index is 12.0. The van der Waals surface area contributed by atoms with E-state index in [1.165, 1.54) is 6.26 Å². The first-order valence-corrected chi connectivity index (χ1v) is 6.58. The molecule has 0 unspecified atom stereocenters. The largest absolute Gasteiger partial charge is 0.432 e. The highest BCUT2D eigenvalue weighted by Crippen LogP contribution is 2.17. The minimum atomic E-state index is -0.368. The molecule has 8 nitrogen and oxygen atoms in total. The van der Waals surface area contributed by atoms with Crippen LogP contribution in [-0.2, 0) is 0 Å². The van der Waals surface area contributed by atoms with Gasteiger partial charge in [-0.05, 0) is 32.9 Å². The van der Waals surface area contributed by atoms with Crippen LogP contribution >= 0.6 is 0 Å². The molecule has 0 saturated carbocycles. The number of oxazole rings is 1. The van der Waals surface area contributed by atoms with Crippen LogP contribution < -0.4 is 10.6 Å². The molecule has 1 fully saturated rings. The Labute approximate surface area is 115 Å². The highest BCUT2D eigenvalue weighted by Gasteiger charge is 2.19. The van der Waals surface area contributed by atoms with Gasteiger partial charge in [-0.15, -0.1) is 5.10 Å². The fourth-order valence-electron chi connectivity index (χ4n) is 2.20. The van der Waals surface area contributed by atoms with E-state index in [1.54, 1.807) is 17.8 Å². The summed E-state index contributed by atoms with van der Waals surface area (Å²) in [5.41, 5.74) is 0.970. The van der Waals surface area contributed by atoms with Crippen LogP contribution in [0.3, 0.4) is 0 Å². The van der Waals surface area contributed by atoms with E-state index in [2.05, 4.69) is 25.9 Å². The van der Waals surface area contributed by atoms with Gasteiger partial charge in [0.25, 0.3) is 5.91 Å². The lowest BCUT2D eigenvalue weighted by molar-refractivity contribution is 0.101. The molecular weight excluding hydrogens is 260 g/mol. The van der Waals surface area contributed by atoms with Crippen LogP contribution in [0.4, 0.5) is 6.01 Å². The average Bonchev–Trinajstić information content (AvgIpc) is 3.09. The number of nitrogens with zero attached hydrogens (tertiary/aromatic N) is 4. The second-order valence-electron chi connectivity index (χ2n) is 4.81. The van der Waals surface area contributed by atoms with Gasteiger partial charge in [-0.3, -0.25) is 10.1 Å². The number of hydrogen-bond donors (Lipinski definition) is 2. The second kappa shape index (κ2) is 5.41. The van der Waals surface area contributed by atoms with Gasteiger partial charge in [0.1, 0.15) is 6.26 Å². The molecule has 0 aliphatic carbocycles. The fourth-order valence-corrected chi connectivity index (χ4v) is 2.20. The van der Waals surface area contributed by atoms with Gasteiger partial charge in [-0.1, -0.05) is 5.21 Å². The summed E-state index contributed by atoms with van der Waals surface area (Å²) in [6, 6.07) is 0.471. The first-order chi connectivity index (χ1) is 9.72. The number of aromatic nitrogens is 4. The Kier molecular flexibility index (Phi) is 3.46. The van der Waals surface area contributed by atoms with E-state index in [1.807, 2.05) is 0 Å². The molecule has 0 radical (unpaired) electrons. The van der Waals surface area contributed by atoms with Crippen LogP contribution in [0.25, 0.3) is 0 Å². The topological polar surface area (TPSA) is 97.9 Å². The lowest BCUT2D eigenvalue weighted by Gasteiger charge is -2.21. The molecule has 3 heterocycles. The first-order valence-electron chi connectivity index (χ1n) is 6.58. The van der Waals surface area contributed by atoms with Gasteiger partial charge >= 0.3 is 6.01 Å². The smallest absolute Gasteiger partial charge is 0.301 e. The van der Waals surface area contributed by atoms with E-state index in [0.717, 1.165) is 25.9 Å². The van der Waals surface area contributed by atoms with Crippen molar-refractivity contribution in [2.45, 2.75) is 25.8 Å². The van der Waals surface area contributed by atoms with Crippen LogP contribution in [-0.4, -0.2) is 39.0 Å². The number of nitrogens with one attached hydrogen (secondary N) is 2. The summed E-state index contributed by atoms with van der Waals surface area (Å²) in [5, 5.41) is 13.8. The number of carbonyl (C=O) groups is 1. The van der Waals surface area contributed by atoms with Crippen molar-refractivity contribution in [1.82, 2.24) is 25.3 Å². The van der Waals surface area contributed by atoms with Gasteiger partial charge < -0.3 is 9.73 Å². The Bertz CT molecular complexity index is 599. The molecule has 1 aliphatic rings. The third kappa shape index (κ3) is 2.69. The van der Waals surface area contributed by atoms with Gasteiger partial charge in [0.05, 0.1) is 17.9 Å². The zero-order valence-corrected chi connectivity index (χ0v) is 11.2. The van der Waals surface area contributed by atoms with E-state index >= 15 is 0 Å². The highest BCUT2D eigenvalue weighted by molar-refractivity contribution is 6.01. The molecule has 106 valence electrons. The first kappa shape index (κ1) is 12.8. The van der Waals surface area contributed by atoms with E-state index in [-0.39, 0.29) is 17.6 Å². The van der Waals surface area contributed by atoms with E-state index in [9.17, 15) is 4.79 Å². The second-order valence-corrected chi connectivity index (χ2v) is 4.81. The quantitative estimate of drug-likeness (QED) is 0.858. The number of amides is 1. The Morgan fingerprint density at radius 1 is 1.50 bits per heavy atom. The van der Waals surface area contributed by atoms with Crippen LogP contribution in [0, 0.1) is 6.92 Å². The predicted molar refractivity (Wildman–Crippen MR) is 70.4 cm³/mol. The number of aryl methyl sites for hydroxylation is 1. The van der Waals surface area contributed by atoms with Crippen molar-refractivity contribution in [2.24, 2.45) is 0 Å². The Morgan fingerprint density at radius 2 is 2.30 bits per heavy atom. The van der Waals surface area contributed by atoms with E-state index in [0.29, 0.717) is 11.7 Å². The Hall–Kier alpha value is -2.22. The number of piperidine rings is 1. The molecule has 2 aromatic heterocycles. The summed E-state index contributed by atoms with van der Waals surface area (Å²) in [6.07, 6.45) is 5.12. The number of hydrogen-bond acceptors (Lipinski definition) is 6. The van der Waals surface area contributed by atoms with Crippen molar-refractivity contribution in [3.8, 4) is 0 Å². The van der Waals surface area contributed by atoms with Gasteiger partial charge in [0.2, 0.25) is 0 Å². The minimum Gasteiger partial charge on any atom is -0.432 e. The zero-order chi connectivity index (χ0) is 13.9. The molecule has 1 aliphatic heterocycles. The maximum Gasteiger partial charge on any atom is 0.301 e. The van der Waals surface area contributed by atoms with Crippen molar-refractivity contribution < 1.29 is 9.21 Å². The van der Waals surface area contributed by atoms with E-state index < -0.39 is 0 Å². The molecule has 0 bridgehead atoms. The SMILES string of the molecule is Cc1coc(NC(=O)c2cn(C3CCNCC3)nn2)n1. The van der Waals surface area contributed by atoms with Crippen molar-refractivity contribution in [1.29, 1.82) is 0 Å². The number of rotatable bonds is 3. The Balaban J connectivity index is 1.67. The van der Waals surface area contributed by atoms with E-state index in [4.69, 9.17) is 4.42 Å². The molecule has 2 aromatic rings. The van der Waals surface area contributed by atoms with Crippen molar-refractivity contribution in [3.63, 3.8) is 0 Å². The van der Waals surface area contributed by atoms with Crippen LogP contribution in [0.2, 0.25) is 0 Å². The standard InChI is InChI=1S/C12H16N6O2/c1-8-7-20-12(14-8)15-11(19)10-6-18(17-16-10)9-2-4-13-5-3-9/h6-7,9,13H,2-5H2,1H3,(H,14,15,19). The van der Waals surface area contributed by atoms with Crippen LogP contribution in [0.1, 0.15) is 35.1 Å². The summed E-state index contributed by atoms with van der Waals surface area (Å²) in [6.45, 7) is 3.70. The molecule has 2 N–H and O–H groups in total. The molecule has 0 atom stereocenters. The van der Waals surface area contributed by atoms with Crippen LogP contribution in [0.15, 0.2) is 16.9 Å². The highest BCUT2D eigenvalue weighted by atomic mass is 16.4. The van der Waals surface area contributed by atoms with Gasteiger partial charge in [0.15, 0.2) is 5.69 Å². The summed E-state index contributed by atoms with van der Waals surface area (Å²) in [7, 11) is 0. The van der Waals surface area contributed by atoms with Gasteiger partial charge in [-0.25, -0.2) is 4.68 Å². The lowest BCUT2D eigenvalue weighted by atomic mass is 10.1. The van der Waals surface area contributed by atoms with Crippen molar-refractivity contribution >= 4 is 11.9 Å². The van der Waals surface area contributed by atoms with Gasteiger partial charge in [-0.2, -0.15) is 4.98 Å². The molecule has 3 rings (SSSR count). The molecule has 1 saturated heterocycles. The minimum absolute atomic E-state index is 0.170. The number of anilines is 1. The summed E-state index contributed by atoms with van der Waals surface area (Å²) in [5.74, 6) is -0.368. The van der Waals surface area contributed by atoms with Crippen LogP contribution in [0.5, 0.6) is 0 Å². The van der Waals surface area contributed by atoms with Crippen molar-refractivity contribution in [3.05, 3.63) is 23.8 Å². The third-order valence-electron chi connectivity index (χ3n) is 3.27. The predicted octanol–water partition coefficient (Wildman–Crippen LogP) is 0.751. The Morgan fingerprint density at radius 3 is 3.00 bits per heavy atom. The summed E-state index contributed by atoms with van der Waals surface area (Å²) >= 11 is 0. The monoisotopic (exact) mass is 276 g/mol. The fraction of sp³-hybridized carbons (Fsp3) is 0.500. The maximum atomic E-state index is 12.0. The number of carbonyl (C=O) groups excluding carboxylic acids is 1. The molecular formula is C12H16N6O2. The summed E-state index contributed by atoms with van der Waals surface area (Å²) in [4.78, 5) is 16.0. The van der Waals surface area contributed by atoms with Gasteiger partial charge in [0, 0.05) is 0 Å². The molecule has 0 aromatic carbocycles.